The fourth-order valence-electron chi connectivity index (χ4n) is 2.03. The van der Waals surface area contributed by atoms with Gasteiger partial charge in [-0.05, 0) is 19.1 Å². The lowest BCUT2D eigenvalue weighted by atomic mass is 10.2. The fourth-order valence-corrected chi connectivity index (χ4v) is 2.73. The summed E-state index contributed by atoms with van der Waals surface area (Å²) in [4.78, 5) is 31.0. The molecule has 2 aromatic heterocycles. The summed E-state index contributed by atoms with van der Waals surface area (Å²) in [5, 5.41) is 8.55. The van der Waals surface area contributed by atoms with Crippen LogP contribution in [0.5, 0.6) is 0 Å². The summed E-state index contributed by atoms with van der Waals surface area (Å²) >= 11 is 1.35. The van der Waals surface area contributed by atoms with Crippen molar-refractivity contribution in [1.82, 2.24) is 15.3 Å². The second-order valence-corrected chi connectivity index (χ2v) is 5.65. The Labute approximate surface area is 130 Å². The number of amides is 2. The number of nitrogens with one attached hydrogen (secondary N) is 3. The fraction of sp³-hybridized carbons (Fsp3) is 0.133. The van der Waals surface area contributed by atoms with Crippen LogP contribution in [-0.4, -0.2) is 28.3 Å². The lowest BCUT2D eigenvalue weighted by Gasteiger charge is -2.03. The zero-order valence-electron chi connectivity index (χ0n) is 11.8. The predicted molar refractivity (Wildman–Crippen MR) is 86.1 cm³/mol. The summed E-state index contributed by atoms with van der Waals surface area (Å²) < 4.78 is 0. The third-order valence-electron chi connectivity index (χ3n) is 3.05. The van der Waals surface area contributed by atoms with Crippen LogP contribution in [0, 0.1) is 6.92 Å². The van der Waals surface area contributed by atoms with E-state index in [0.29, 0.717) is 10.8 Å². The second kappa shape index (κ2) is 5.98. The Kier molecular flexibility index (Phi) is 3.88. The predicted octanol–water partition coefficient (Wildman–Crippen LogP) is 2.30. The van der Waals surface area contributed by atoms with E-state index in [1.54, 1.807) is 6.07 Å². The Hall–Kier alpha value is -2.67. The third kappa shape index (κ3) is 3.15. The molecule has 0 fully saturated rings. The van der Waals surface area contributed by atoms with E-state index in [1.807, 2.05) is 36.6 Å². The van der Waals surface area contributed by atoms with E-state index in [-0.39, 0.29) is 18.4 Å². The maximum Gasteiger partial charge on any atom is 0.268 e. The number of rotatable bonds is 4. The van der Waals surface area contributed by atoms with Gasteiger partial charge in [-0.2, -0.15) is 0 Å². The van der Waals surface area contributed by atoms with Crippen LogP contribution >= 0.6 is 11.3 Å². The summed E-state index contributed by atoms with van der Waals surface area (Å²) in [6.07, 6.45) is 0. The van der Waals surface area contributed by atoms with Gasteiger partial charge in [-0.15, -0.1) is 11.3 Å². The van der Waals surface area contributed by atoms with Gasteiger partial charge in [0.25, 0.3) is 5.91 Å². The van der Waals surface area contributed by atoms with Crippen molar-refractivity contribution < 1.29 is 9.59 Å². The third-order valence-corrected chi connectivity index (χ3v) is 3.93. The number of hydrogen-bond acceptors (Lipinski definition) is 4. The van der Waals surface area contributed by atoms with Gasteiger partial charge in [-0.1, -0.05) is 18.2 Å². The molecule has 0 saturated carbocycles. The standard InChI is InChI=1S/C15H14N4O2S/c1-9-8-22-15(17-9)19-13(20)7-16-14(21)12-6-10-4-2-3-5-11(10)18-12/h2-6,8,18H,7H2,1H3,(H,16,21)(H,17,19,20). The maximum absolute atomic E-state index is 12.0. The van der Waals surface area contributed by atoms with E-state index in [9.17, 15) is 9.59 Å². The lowest BCUT2D eigenvalue weighted by molar-refractivity contribution is -0.115. The maximum atomic E-state index is 12.0. The minimum atomic E-state index is -0.318. The molecule has 3 rings (SSSR count). The van der Waals surface area contributed by atoms with Gasteiger partial charge >= 0.3 is 0 Å². The number of fused-ring (bicyclic) bond motifs is 1. The monoisotopic (exact) mass is 314 g/mol. The number of para-hydroxylation sites is 1. The Balaban J connectivity index is 1.58. The van der Waals surface area contributed by atoms with Crippen LogP contribution in [0.15, 0.2) is 35.7 Å². The Morgan fingerprint density at radius 2 is 2.14 bits per heavy atom. The second-order valence-electron chi connectivity index (χ2n) is 4.80. The molecule has 0 atom stereocenters. The normalized spacial score (nSPS) is 10.6. The molecule has 6 nitrogen and oxygen atoms in total. The number of benzene rings is 1. The van der Waals surface area contributed by atoms with Gasteiger partial charge in [-0.3, -0.25) is 9.59 Å². The minimum Gasteiger partial charge on any atom is -0.351 e. The van der Waals surface area contributed by atoms with E-state index in [2.05, 4.69) is 20.6 Å². The van der Waals surface area contributed by atoms with Crippen molar-refractivity contribution in [2.24, 2.45) is 0 Å². The van der Waals surface area contributed by atoms with E-state index in [0.717, 1.165) is 16.6 Å². The summed E-state index contributed by atoms with van der Waals surface area (Å²) in [5.41, 5.74) is 2.16. The van der Waals surface area contributed by atoms with Crippen molar-refractivity contribution in [1.29, 1.82) is 0 Å². The number of carbonyl (C=O) groups excluding carboxylic acids is 2. The number of aromatic amines is 1. The first-order chi connectivity index (χ1) is 10.6. The van der Waals surface area contributed by atoms with Crippen molar-refractivity contribution in [3.05, 3.63) is 47.1 Å². The SMILES string of the molecule is Cc1csc(NC(=O)CNC(=O)c2cc3ccccc3[nH]2)n1. The molecule has 3 aromatic rings. The molecule has 22 heavy (non-hydrogen) atoms. The molecule has 0 aliphatic heterocycles. The van der Waals surface area contributed by atoms with Crippen LogP contribution in [0.2, 0.25) is 0 Å². The number of H-pyrrole nitrogens is 1. The smallest absolute Gasteiger partial charge is 0.268 e. The molecule has 2 amide bonds. The van der Waals surface area contributed by atoms with E-state index in [1.165, 1.54) is 11.3 Å². The van der Waals surface area contributed by atoms with Gasteiger partial charge in [0.15, 0.2) is 5.13 Å². The van der Waals surface area contributed by atoms with Gasteiger partial charge < -0.3 is 15.6 Å². The summed E-state index contributed by atoms with van der Waals surface area (Å²) in [5.74, 6) is -0.625. The molecule has 0 spiro atoms. The Morgan fingerprint density at radius 1 is 1.32 bits per heavy atom. The average molecular weight is 314 g/mol. The van der Waals surface area contributed by atoms with E-state index >= 15 is 0 Å². The summed E-state index contributed by atoms with van der Waals surface area (Å²) in [6.45, 7) is 1.75. The Bertz CT molecular complexity index is 804. The first-order valence-corrected chi connectivity index (χ1v) is 7.58. The van der Waals surface area contributed by atoms with Crippen LogP contribution in [0.1, 0.15) is 16.2 Å². The highest BCUT2D eigenvalue weighted by Crippen LogP contribution is 2.15. The quantitative estimate of drug-likeness (QED) is 0.690. The molecule has 0 aliphatic rings. The van der Waals surface area contributed by atoms with Crippen LogP contribution in [0.4, 0.5) is 5.13 Å². The topological polar surface area (TPSA) is 86.9 Å². The van der Waals surface area contributed by atoms with Crippen molar-refractivity contribution in [3.63, 3.8) is 0 Å². The van der Waals surface area contributed by atoms with E-state index < -0.39 is 0 Å². The van der Waals surface area contributed by atoms with Crippen molar-refractivity contribution in [3.8, 4) is 0 Å². The van der Waals surface area contributed by atoms with Crippen LogP contribution in [0.25, 0.3) is 10.9 Å². The number of carbonyl (C=O) groups is 2. The molecule has 0 aliphatic carbocycles. The van der Waals surface area contributed by atoms with Crippen LogP contribution in [-0.2, 0) is 4.79 Å². The first-order valence-electron chi connectivity index (χ1n) is 6.70. The summed E-state index contributed by atoms with van der Waals surface area (Å²) in [7, 11) is 0. The van der Waals surface area contributed by atoms with Crippen LogP contribution in [0.3, 0.4) is 0 Å². The summed E-state index contributed by atoms with van der Waals surface area (Å²) in [6, 6.07) is 9.36. The molecule has 1 aromatic carbocycles. The van der Waals surface area contributed by atoms with Crippen molar-refractivity contribution >= 4 is 39.2 Å². The molecular formula is C15H14N4O2S. The number of thiazole rings is 1. The number of hydrogen-bond donors (Lipinski definition) is 3. The van der Waals surface area contributed by atoms with Crippen molar-refractivity contribution in [2.45, 2.75) is 6.92 Å². The first kappa shape index (κ1) is 14.3. The van der Waals surface area contributed by atoms with Gasteiger partial charge in [0, 0.05) is 16.3 Å². The highest BCUT2D eigenvalue weighted by Gasteiger charge is 2.11. The van der Waals surface area contributed by atoms with E-state index in [4.69, 9.17) is 0 Å². The number of anilines is 1. The molecule has 3 N–H and O–H groups in total. The molecule has 0 saturated heterocycles. The largest absolute Gasteiger partial charge is 0.351 e. The lowest BCUT2D eigenvalue weighted by Crippen LogP contribution is -2.33. The zero-order valence-corrected chi connectivity index (χ0v) is 12.7. The number of aromatic nitrogens is 2. The molecule has 0 radical (unpaired) electrons. The molecule has 0 unspecified atom stereocenters. The zero-order chi connectivity index (χ0) is 15.5. The van der Waals surface area contributed by atoms with Gasteiger partial charge in [-0.25, -0.2) is 4.98 Å². The minimum absolute atomic E-state index is 0.104. The highest BCUT2D eigenvalue weighted by atomic mass is 32.1. The molecular weight excluding hydrogens is 300 g/mol. The Morgan fingerprint density at radius 3 is 2.86 bits per heavy atom. The van der Waals surface area contributed by atoms with Crippen molar-refractivity contribution in [2.75, 3.05) is 11.9 Å². The average Bonchev–Trinajstić information content (AvgIpc) is 3.10. The van der Waals surface area contributed by atoms with Gasteiger partial charge in [0.2, 0.25) is 5.91 Å². The molecule has 7 heteroatoms. The number of nitrogens with zero attached hydrogens (tertiary/aromatic N) is 1. The molecule has 112 valence electrons. The highest BCUT2D eigenvalue weighted by molar-refractivity contribution is 7.13. The van der Waals surface area contributed by atoms with Gasteiger partial charge in [0.1, 0.15) is 5.69 Å². The number of aryl methyl sites for hydroxylation is 1. The van der Waals surface area contributed by atoms with Crippen LogP contribution < -0.4 is 10.6 Å². The van der Waals surface area contributed by atoms with Gasteiger partial charge in [0.05, 0.1) is 12.2 Å². The molecule has 2 heterocycles. The molecule has 0 bridgehead atoms.